The van der Waals surface area contributed by atoms with E-state index in [-0.39, 0.29) is 26.5 Å². The number of ether oxygens (including phenoxy) is 4. The van der Waals surface area contributed by atoms with Gasteiger partial charge in [0.15, 0.2) is 11.5 Å². The maximum Gasteiger partial charge on any atom is 0.240 e. The van der Waals surface area contributed by atoms with Crippen molar-refractivity contribution in [3.05, 3.63) is 42.5 Å². The number of sulfonamides is 1. The molecule has 10 heteroatoms. The summed E-state index contributed by atoms with van der Waals surface area (Å²) >= 11 is 0. The van der Waals surface area contributed by atoms with Crippen LogP contribution < -0.4 is 28.6 Å². The molecule has 2 aromatic rings. The molecule has 0 unspecified atom stereocenters. The number of amides is 1. The molecule has 0 spiro atoms. The lowest BCUT2D eigenvalue weighted by atomic mass is 10.3. The monoisotopic (exact) mass is 422 g/mol. The summed E-state index contributed by atoms with van der Waals surface area (Å²) in [5, 5.41) is 2.65. The van der Waals surface area contributed by atoms with Gasteiger partial charge in [-0.15, -0.1) is 0 Å². The number of nitrogens with zero attached hydrogens (tertiary/aromatic N) is 1. The Hall–Kier alpha value is -3.14. The van der Waals surface area contributed by atoms with Crippen LogP contribution in [-0.4, -0.2) is 54.2 Å². The molecule has 1 N–H and O–H groups in total. The van der Waals surface area contributed by atoms with Crippen molar-refractivity contribution in [2.24, 2.45) is 0 Å². The molecule has 3 rings (SSSR count). The first-order valence-electron chi connectivity index (χ1n) is 8.78. The van der Waals surface area contributed by atoms with Crippen molar-refractivity contribution in [1.82, 2.24) is 5.32 Å². The van der Waals surface area contributed by atoms with Crippen molar-refractivity contribution in [3.8, 4) is 23.0 Å². The fourth-order valence-electron chi connectivity index (χ4n) is 2.68. The summed E-state index contributed by atoms with van der Waals surface area (Å²) in [7, 11) is -2.12. The molecule has 29 heavy (non-hydrogen) atoms. The van der Waals surface area contributed by atoms with E-state index in [1.807, 2.05) is 0 Å². The van der Waals surface area contributed by atoms with E-state index in [0.29, 0.717) is 28.7 Å². The van der Waals surface area contributed by atoms with Crippen molar-refractivity contribution < 1.29 is 32.2 Å². The molecule has 1 amide bonds. The Kier molecular flexibility index (Phi) is 6.32. The van der Waals surface area contributed by atoms with Crippen molar-refractivity contribution in [1.29, 1.82) is 0 Å². The van der Waals surface area contributed by atoms with Crippen LogP contribution in [0.1, 0.15) is 0 Å². The molecular formula is C19H22N2O7S. The third kappa shape index (κ3) is 5.44. The average molecular weight is 422 g/mol. The van der Waals surface area contributed by atoms with Gasteiger partial charge in [0, 0.05) is 12.1 Å². The standard InChI is InChI=1S/C19H22N2O7S/c1-25-15-4-3-5-16(11-15)26-9-8-20-19(22)12-21(29(2,23)24)14-6-7-17-18(10-14)28-13-27-17/h3-7,10-11H,8-9,12-13H2,1-2H3,(H,20,22). The lowest BCUT2D eigenvalue weighted by Crippen LogP contribution is -2.41. The van der Waals surface area contributed by atoms with Gasteiger partial charge in [0.25, 0.3) is 0 Å². The second kappa shape index (κ2) is 8.91. The van der Waals surface area contributed by atoms with Gasteiger partial charge in [0.2, 0.25) is 22.7 Å². The van der Waals surface area contributed by atoms with Gasteiger partial charge in [-0.3, -0.25) is 9.10 Å². The minimum absolute atomic E-state index is 0.0748. The van der Waals surface area contributed by atoms with Crippen molar-refractivity contribution >= 4 is 21.6 Å². The van der Waals surface area contributed by atoms with Crippen LogP contribution >= 0.6 is 0 Å². The zero-order valence-corrected chi connectivity index (χ0v) is 16.9. The number of rotatable bonds is 9. The predicted octanol–water partition coefficient (Wildman–Crippen LogP) is 1.39. The summed E-state index contributed by atoms with van der Waals surface area (Å²) in [5.74, 6) is 1.78. The SMILES string of the molecule is COc1cccc(OCCNC(=O)CN(c2ccc3c(c2)OCO3)S(C)(=O)=O)c1. The van der Waals surface area contributed by atoms with Crippen molar-refractivity contribution in [2.75, 3.05) is 44.2 Å². The number of carbonyl (C=O) groups is 1. The summed E-state index contributed by atoms with van der Waals surface area (Å²) in [5.41, 5.74) is 0.319. The molecule has 0 aromatic heterocycles. The van der Waals surface area contributed by atoms with Gasteiger partial charge in [-0.1, -0.05) is 6.07 Å². The van der Waals surface area contributed by atoms with Crippen LogP contribution in [0, 0.1) is 0 Å². The second-order valence-corrected chi connectivity index (χ2v) is 8.09. The van der Waals surface area contributed by atoms with Gasteiger partial charge in [0.05, 0.1) is 25.6 Å². The third-order valence-electron chi connectivity index (χ3n) is 4.07. The van der Waals surface area contributed by atoms with Crippen LogP contribution in [0.25, 0.3) is 0 Å². The molecule has 0 radical (unpaired) electrons. The first-order chi connectivity index (χ1) is 13.9. The van der Waals surface area contributed by atoms with Crippen LogP contribution in [0.5, 0.6) is 23.0 Å². The third-order valence-corrected chi connectivity index (χ3v) is 5.21. The molecule has 9 nitrogen and oxygen atoms in total. The van der Waals surface area contributed by atoms with Gasteiger partial charge < -0.3 is 24.3 Å². The van der Waals surface area contributed by atoms with Crippen LogP contribution in [0.4, 0.5) is 5.69 Å². The molecule has 0 saturated heterocycles. The van der Waals surface area contributed by atoms with Crippen LogP contribution in [0.3, 0.4) is 0 Å². The molecule has 2 aromatic carbocycles. The Morgan fingerprint density at radius 1 is 1.14 bits per heavy atom. The van der Waals surface area contributed by atoms with E-state index in [1.165, 1.54) is 6.07 Å². The second-order valence-electron chi connectivity index (χ2n) is 6.18. The van der Waals surface area contributed by atoms with E-state index >= 15 is 0 Å². The van der Waals surface area contributed by atoms with Crippen LogP contribution in [0.2, 0.25) is 0 Å². The number of fused-ring (bicyclic) bond motifs is 1. The van der Waals surface area contributed by atoms with Gasteiger partial charge in [-0.05, 0) is 24.3 Å². The predicted molar refractivity (Wildman–Crippen MR) is 106 cm³/mol. The number of hydrogen-bond acceptors (Lipinski definition) is 7. The fraction of sp³-hybridized carbons (Fsp3) is 0.316. The molecule has 1 aliphatic heterocycles. The van der Waals surface area contributed by atoms with Crippen LogP contribution in [-0.2, 0) is 14.8 Å². The fourth-order valence-corrected chi connectivity index (χ4v) is 3.53. The van der Waals surface area contributed by atoms with E-state index in [9.17, 15) is 13.2 Å². The summed E-state index contributed by atoms with van der Waals surface area (Å²) in [6.45, 7) is 0.152. The average Bonchev–Trinajstić information content (AvgIpc) is 3.16. The van der Waals surface area contributed by atoms with Gasteiger partial charge in [0.1, 0.15) is 24.7 Å². The number of benzene rings is 2. The van der Waals surface area contributed by atoms with E-state index in [1.54, 1.807) is 43.5 Å². The van der Waals surface area contributed by atoms with Gasteiger partial charge in [-0.2, -0.15) is 0 Å². The number of anilines is 1. The van der Waals surface area contributed by atoms with Crippen LogP contribution in [0.15, 0.2) is 42.5 Å². The quantitative estimate of drug-likeness (QED) is 0.609. The van der Waals surface area contributed by atoms with Crippen molar-refractivity contribution in [2.45, 2.75) is 0 Å². The van der Waals surface area contributed by atoms with E-state index in [4.69, 9.17) is 18.9 Å². The molecule has 0 aliphatic carbocycles. The molecule has 0 saturated carbocycles. The summed E-state index contributed by atoms with van der Waals surface area (Å²) in [6.07, 6.45) is 1.04. The Balaban J connectivity index is 1.55. The lowest BCUT2D eigenvalue weighted by Gasteiger charge is -2.22. The summed E-state index contributed by atoms with van der Waals surface area (Å²) in [4.78, 5) is 12.3. The highest BCUT2D eigenvalue weighted by Crippen LogP contribution is 2.36. The topological polar surface area (TPSA) is 103 Å². The Morgan fingerprint density at radius 3 is 2.66 bits per heavy atom. The lowest BCUT2D eigenvalue weighted by molar-refractivity contribution is -0.119. The summed E-state index contributed by atoms with van der Waals surface area (Å²) in [6, 6.07) is 11.8. The number of hydrogen-bond donors (Lipinski definition) is 1. The molecule has 0 fully saturated rings. The van der Waals surface area contributed by atoms with Gasteiger partial charge in [-0.25, -0.2) is 8.42 Å². The number of carbonyl (C=O) groups excluding carboxylic acids is 1. The molecule has 0 atom stereocenters. The molecule has 1 heterocycles. The number of nitrogens with one attached hydrogen (secondary N) is 1. The Morgan fingerprint density at radius 2 is 1.90 bits per heavy atom. The molecular weight excluding hydrogens is 400 g/mol. The molecule has 156 valence electrons. The largest absolute Gasteiger partial charge is 0.497 e. The minimum Gasteiger partial charge on any atom is -0.497 e. The molecule has 0 bridgehead atoms. The summed E-state index contributed by atoms with van der Waals surface area (Å²) < 4.78 is 46.5. The Labute approximate surface area is 169 Å². The first kappa shape index (κ1) is 20.6. The highest BCUT2D eigenvalue weighted by Gasteiger charge is 2.23. The normalized spacial score (nSPS) is 12.3. The molecule has 1 aliphatic rings. The van der Waals surface area contributed by atoms with E-state index < -0.39 is 15.9 Å². The zero-order chi connectivity index (χ0) is 20.9. The zero-order valence-electron chi connectivity index (χ0n) is 16.1. The van der Waals surface area contributed by atoms with Crippen molar-refractivity contribution in [3.63, 3.8) is 0 Å². The Bertz CT molecular complexity index is 978. The minimum atomic E-state index is -3.68. The first-order valence-corrected chi connectivity index (χ1v) is 10.6. The number of methoxy groups -OCH3 is 1. The highest BCUT2D eigenvalue weighted by atomic mass is 32.2. The maximum absolute atomic E-state index is 12.3. The van der Waals surface area contributed by atoms with E-state index in [0.717, 1.165) is 10.6 Å². The maximum atomic E-state index is 12.3. The smallest absolute Gasteiger partial charge is 0.240 e. The highest BCUT2D eigenvalue weighted by molar-refractivity contribution is 7.92. The van der Waals surface area contributed by atoms with E-state index in [2.05, 4.69) is 5.32 Å². The van der Waals surface area contributed by atoms with Gasteiger partial charge >= 0.3 is 0 Å².